The van der Waals surface area contributed by atoms with Crippen molar-refractivity contribution >= 4 is 17.4 Å². The van der Waals surface area contributed by atoms with Gasteiger partial charge in [0.1, 0.15) is 29.4 Å². The number of phenols is 1. The fourth-order valence-corrected chi connectivity index (χ4v) is 3.83. The smallest absolute Gasteiger partial charge is 0.339 e. The van der Waals surface area contributed by atoms with E-state index in [-0.39, 0.29) is 29.1 Å². The van der Waals surface area contributed by atoms with Gasteiger partial charge in [-0.25, -0.2) is 4.79 Å². The summed E-state index contributed by atoms with van der Waals surface area (Å²) in [5, 5.41) is 31.9. The molecule has 3 N–H and O–H groups in total. The quantitative estimate of drug-likeness (QED) is 0.353. The molecule has 2 aromatic carbocycles. The molecule has 0 radical (unpaired) electrons. The van der Waals surface area contributed by atoms with Gasteiger partial charge in [0.25, 0.3) is 0 Å². The number of piperidine rings is 1. The van der Waals surface area contributed by atoms with Crippen LogP contribution in [0.4, 0.5) is 5.69 Å². The molecular weight excluding hydrogens is 396 g/mol. The highest BCUT2D eigenvalue weighted by Gasteiger charge is 2.24. The van der Waals surface area contributed by atoms with Gasteiger partial charge in [-0.1, -0.05) is 32.0 Å². The Morgan fingerprint density at radius 2 is 1.81 bits per heavy atom. The van der Waals surface area contributed by atoms with Crippen molar-refractivity contribution in [3.8, 4) is 11.5 Å². The summed E-state index contributed by atoms with van der Waals surface area (Å²) >= 11 is 0. The summed E-state index contributed by atoms with van der Waals surface area (Å²) in [5.74, 6) is -1.32. The van der Waals surface area contributed by atoms with E-state index in [4.69, 9.17) is 9.84 Å². The molecule has 1 heterocycles. The third-order valence-electron chi connectivity index (χ3n) is 5.53. The van der Waals surface area contributed by atoms with E-state index in [1.807, 2.05) is 12.1 Å². The first-order valence-electron chi connectivity index (χ1n) is 10.5. The monoisotopic (exact) mass is 426 g/mol. The molecule has 166 valence electrons. The zero-order chi connectivity index (χ0) is 22.6. The topological polar surface area (TPSA) is 103 Å². The van der Waals surface area contributed by atoms with Gasteiger partial charge in [-0.15, -0.1) is 0 Å². The predicted molar refractivity (Wildman–Crippen MR) is 120 cm³/mol. The second kappa shape index (κ2) is 9.29. The van der Waals surface area contributed by atoms with E-state index in [0.717, 1.165) is 18.7 Å². The molecule has 31 heavy (non-hydrogen) atoms. The van der Waals surface area contributed by atoms with Crippen molar-refractivity contribution in [2.24, 2.45) is 5.16 Å². The largest absolute Gasteiger partial charge is 0.507 e. The van der Waals surface area contributed by atoms with Crippen LogP contribution in [0, 0.1) is 0 Å². The van der Waals surface area contributed by atoms with Crippen LogP contribution in [0.2, 0.25) is 0 Å². The van der Waals surface area contributed by atoms with E-state index in [9.17, 15) is 15.1 Å². The van der Waals surface area contributed by atoms with Gasteiger partial charge in [0.15, 0.2) is 0 Å². The Hall–Kier alpha value is -3.22. The normalized spacial score (nSPS) is 15.1. The summed E-state index contributed by atoms with van der Waals surface area (Å²) in [6, 6.07) is 10.0. The van der Waals surface area contributed by atoms with Crippen molar-refractivity contribution in [1.29, 1.82) is 0 Å². The van der Waals surface area contributed by atoms with Gasteiger partial charge in [-0.3, -0.25) is 0 Å². The average Bonchev–Trinajstić information content (AvgIpc) is 2.74. The molecule has 0 amide bonds. The summed E-state index contributed by atoms with van der Waals surface area (Å²) in [6.45, 7) is 8.55. The van der Waals surface area contributed by atoms with Crippen LogP contribution in [0.3, 0.4) is 0 Å². The molecule has 7 nitrogen and oxygen atoms in total. The van der Waals surface area contributed by atoms with Gasteiger partial charge >= 0.3 is 5.97 Å². The first-order chi connectivity index (χ1) is 14.7. The van der Waals surface area contributed by atoms with E-state index < -0.39 is 5.97 Å². The molecule has 1 saturated heterocycles. The van der Waals surface area contributed by atoms with Crippen molar-refractivity contribution < 1.29 is 25.0 Å². The van der Waals surface area contributed by atoms with Crippen molar-refractivity contribution in [1.82, 2.24) is 0 Å². The number of aromatic carboxylic acids is 1. The third-order valence-corrected chi connectivity index (χ3v) is 5.53. The molecule has 3 rings (SSSR count). The van der Waals surface area contributed by atoms with E-state index in [1.54, 1.807) is 0 Å². The van der Waals surface area contributed by atoms with Crippen molar-refractivity contribution in [3.63, 3.8) is 0 Å². The molecule has 0 unspecified atom stereocenters. The Kier molecular flexibility index (Phi) is 6.73. The highest BCUT2D eigenvalue weighted by atomic mass is 16.5. The minimum absolute atomic E-state index is 0.0327. The minimum Gasteiger partial charge on any atom is -0.507 e. The van der Waals surface area contributed by atoms with Crippen LogP contribution in [-0.2, 0) is 5.41 Å². The first-order valence-corrected chi connectivity index (χ1v) is 10.5. The molecule has 7 heteroatoms. The molecule has 1 aliphatic rings. The zero-order valence-electron chi connectivity index (χ0n) is 18.3. The Labute approximate surface area is 182 Å². The van der Waals surface area contributed by atoms with Crippen molar-refractivity contribution in [2.75, 3.05) is 24.6 Å². The van der Waals surface area contributed by atoms with Crippen molar-refractivity contribution in [3.05, 3.63) is 53.1 Å². The summed E-state index contributed by atoms with van der Waals surface area (Å²) < 4.78 is 5.65. The standard InChI is InChI=1S/C24H30N2O5/c1-24(2,3)19-13-16(7-10-21(19)26-11-5-4-6-12-26)20(25-30)15-31-17-8-9-18(23(28)29)22(27)14-17/h7-10,13-14,27,30H,4-6,11-12,15H2,1-3H3,(H,28,29)/b25-20-. The molecule has 2 aromatic rings. The number of rotatable bonds is 6. The minimum atomic E-state index is -1.22. The summed E-state index contributed by atoms with van der Waals surface area (Å²) in [4.78, 5) is 13.5. The summed E-state index contributed by atoms with van der Waals surface area (Å²) in [7, 11) is 0. The highest BCUT2D eigenvalue weighted by Crippen LogP contribution is 2.34. The number of hydrogen-bond donors (Lipinski definition) is 3. The lowest BCUT2D eigenvalue weighted by molar-refractivity contribution is 0.0693. The van der Waals surface area contributed by atoms with E-state index in [2.05, 4.69) is 36.9 Å². The number of ether oxygens (including phenoxy) is 1. The molecule has 1 aliphatic heterocycles. The number of carbonyl (C=O) groups is 1. The summed E-state index contributed by atoms with van der Waals surface area (Å²) in [6.07, 6.45) is 3.65. The number of carboxylic acids is 1. The number of hydrogen-bond acceptors (Lipinski definition) is 6. The van der Waals surface area contributed by atoms with E-state index in [1.165, 1.54) is 48.7 Å². The van der Waals surface area contributed by atoms with Gasteiger partial charge in [0.2, 0.25) is 0 Å². The maximum absolute atomic E-state index is 11.0. The molecule has 0 spiro atoms. The number of aromatic hydroxyl groups is 1. The van der Waals surface area contributed by atoms with Gasteiger partial charge < -0.3 is 25.1 Å². The predicted octanol–water partition coefficient (Wildman–Crippen LogP) is 4.64. The molecular formula is C24H30N2O5. The van der Waals surface area contributed by atoms with E-state index >= 15 is 0 Å². The second-order valence-corrected chi connectivity index (χ2v) is 8.85. The molecule has 0 atom stereocenters. The second-order valence-electron chi connectivity index (χ2n) is 8.85. The number of benzene rings is 2. The van der Waals surface area contributed by atoms with Gasteiger partial charge in [0, 0.05) is 30.4 Å². The number of carboxylic acid groups (broad SMARTS) is 1. The maximum atomic E-state index is 11.0. The lowest BCUT2D eigenvalue weighted by Gasteiger charge is -2.34. The van der Waals surface area contributed by atoms with Gasteiger partial charge in [0.05, 0.1) is 0 Å². The van der Waals surface area contributed by atoms with Crippen LogP contribution in [0.5, 0.6) is 11.5 Å². The van der Waals surface area contributed by atoms with Gasteiger partial charge in [-0.05, 0) is 54.5 Å². The summed E-state index contributed by atoms with van der Waals surface area (Å²) in [5.41, 5.74) is 3.19. The molecule has 0 aliphatic carbocycles. The SMILES string of the molecule is CC(C)(C)c1cc(/C(COc2ccc(C(=O)O)c(O)c2)=N\O)ccc1N1CCCCC1. The number of nitrogens with zero attached hydrogens (tertiary/aromatic N) is 2. The van der Waals surface area contributed by atoms with E-state index in [0.29, 0.717) is 5.71 Å². The lowest BCUT2D eigenvalue weighted by atomic mass is 9.83. The van der Waals surface area contributed by atoms with Crippen LogP contribution in [0.25, 0.3) is 0 Å². The third kappa shape index (κ3) is 5.29. The molecule has 0 bridgehead atoms. The van der Waals surface area contributed by atoms with Gasteiger partial charge in [-0.2, -0.15) is 0 Å². The Morgan fingerprint density at radius 3 is 2.39 bits per heavy atom. The van der Waals surface area contributed by atoms with Crippen LogP contribution in [-0.4, -0.2) is 46.8 Å². The first kappa shape index (κ1) is 22.5. The molecule has 0 aromatic heterocycles. The average molecular weight is 427 g/mol. The lowest BCUT2D eigenvalue weighted by Crippen LogP contribution is -2.32. The molecule has 1 fully saturated rings. The van der Waals surface area contributed by atoms with Crippen molar-refractivity contribution in [2.45, 2.75) is 45.4 Å². The van der Waals surface area contributed by atoms with Crippen LogP contribution < -0.4 is 9.64 Å². The van der Waals surface area contributed by atoms with Crippen LogP contribution in [0.1, 0.15) is 61.5 Å². The Bertz CT molecular complexity index is 972. The molecule has 0 saturated carbocycles. The Balaban J connectivity index is 1.83. The fraction of sp³-hybridized carbons (Fsp3) is 0.417. The fourth-order valence-electron chi connectivity index (χ4n) is 3.83. The zero-order valence-corrected chi connectivity index (χ0v) is 18.3. The van der Waals surface area contributed by atoms with Crippen LogP contribution in [0.15, 0.2) is 41.6 Å². The number of anilines is 1. The van der Waals surface area contributed by atoms with Crippen LogP contribution >= 0.6 is 0 Å². The maximum Gasteiger partial charge on any atom is 0.339 e. The number of oxime groups is 1. The highest BCUT2D eigenvalue weighted by molar-refractivity contribution is 6.02. The Morgan fingerprint density at radius 1 is 1.10 bits per heavy atom.